The molecular formula is C7H16N3O3+. The molecule has 1 atom stereocenters. The Hall–Kier alpha value is -1.30. The van der Waals surface area contributed by atoms with Gasteiger partial charge in [-0.25, -0.2) is 4.79 Å². The van der Waals surface area contributed by atoms with Gasteiger partial charge in [-0.3, -0.25) is 10.1 Å². The number of primary amides is 1. The maximum Gasteiger partial charge on any atom is 0.316 e. The van der Waals surface area contributed by atoms with Crippen molar-refractivity contribution in [2.45, 2.75) is 25.9 Å². The first-order valence-corrected chi connectivity index (χ1v) is 3.96. The minimum Gasteiger partial charge on any atom is -0.466 e. The van der Waals surface area contributed by atoms with E-state index in [4.69, 9.17) is 5.73 Å². The first kappa shape index (κ1) is 11.7. The van der Waals surface area contributed by atoms with Gasteiger partial charge in [0.05, 0.1) is 6.61 Å². The van der Waals surface area contributed by atoms with Crippen LogP contribution in [0.2, 0.25) is 0 Å². The van der Waals surface area contributed by atoms with Gasteiger partial charge in [-0.05, 0) is 6.92 Å². The summed E-state index contributed by atoms with van der Waals surface area (Å²) in [7, 11) is 0. The lowest BCUT2D eigenvalue weighted by Gasteiger charge is -2.19. The quantitative estimate of drug-likeness (QED) is 0.373. The molecule has 0 unspecified atom stereocenters. The second kappa shape index (κ2) is 4.66. The first-order valence-electron chi connectivity index (χ1n) is 3.96. The summed E-state index contributed by atoms with van der Waals surface area (Å²) in [5, 5.41) is 2.34. The largest absolute Gasteiger partial charge is 0.466 e. The van der Waals surface area contributed by atoms with Gasteiger partial charge in [0.15, 0.2) is 5.66 Å². The van der Waals surface area contributed by atoms with Crippen LogP contribution in [0.15, 0.2) is 0 Å². The molecular weight excluding hydrogens is 174 g/mol. The summed E-state index contributed by atoms with van der Waals surface area (Å²) in [6.45, 7) is 3.61. The highest BCUT2D eigenvalue weighted by atomic mass is 16.5. The molecule has 0 fully saturated rings. The number of hydrogen-bond donors (Lipinski definition) is 3. The van der Waals surface area contributed by atoms with E-state index in [1.54, 1.807) is 13.8 Å². The molecule has 0 heterocycles. The topological polar surface area (TPSA) is 109 Å². The number of rotatable bonds is 4. The highest BCUT2D eigenvalue weighted by molar-refractivity contribution is 5.75. The minimum atomic E-state index is -0.905. The third-order valence-electron chi connectivity index (χ3n) is 1.26. The number of hydrogen-bond acceptors (Lipinski definition) is 3. The molecule has 0 saturated carbocycles. The van der Waals surface area contributed by atoms with Crippen molar-refractivity contribution in [3.63, 3.8) is 0 Å². The fourth-order valence-corrected chi connectivity index (χ4v) is 0.872. The number of nitrogens with two attached hydrogens (primary N) is 1. The van der Waals surface area contributed by atoms with Crippen LogP contribution in [0.4, 0.5) is 4.79 Å². The predicted molar refractivity (Wildman–Crippen MR) is 45.3 cm³/mol. The second-order valence-corrected chi connectivity index (χ2v) is 3.03. The fourth-order valence-electron chi connectivity index (χ4n) is 0.872. The predicted octanol–water partition coefficient (Wildman–Crippen LogP) is -1.43. The summed E-state index contributed by atoms with van der Waals surface area (Å²) in [6.07, 6.45) is 0.00375. The van der Waals surface area contributed by atoms with Crippen molar-refractivity contribution in [2.75, 3.05) is 6.61 Å². The zero-order valence-electron chi connectivity index (χ0n) is 7.92. The molecule has 2 amide bonds. The molecule has 0 saturated heterocycles. The maximum absolute atomic E-state index is 11.0. The number of carbonyl (C=O) groups excluding carboxylic acids is 2. The Balaban J connectivity index is 4.00. The smallest absolute Gasteiger partial charge is 0.316 e. The third kappa shape index (κ3) is 5.92. The van der Waals surface area contributed by atoms with Crippen LogP contribution >= 0.6 is 0 Å². The van der Waals surface area contributed by atoms with Gasteiger partial charge >= 0.3 is 12.0 Å². The highest BCUT2D eigenvalue weighted by Crippen LogP contribution is 1.99. The maximum atomic E-state index is 11.0. The van der Waals surface area contributed by atoms with Crippen molar-refractivity contribution in [1.29, 1.82) is 0 Å². The van der Waals surface area contributed by atoms with E-state index in [2.05, 4.69) is 15.8 Å². The Morgan fingerprint density at radius 1 is 1.62 bits per heavy atom. The van der Waals surface area contributed by atoms with Gasteiger partial charge in [-0.1, -0.05) is 0 Å². The fraction of sp³-hybridized carbons (Fsp3) is 0.714. The lowest BCUT2D eigenvalue weighted by Crippen LogP contribution is -2.79. The molecule has 0 bridgehead atoms. The SMILES string of the molecule is CCOC(=O)C[C@](C)([NH3+])NC(N)=O. The van der Waals surface area contributed by atoms with Gasteiger partial charge in [-0.15, -0.1) is 0 Å². The lowest BCUT2D eigenvalue weighted by molar-refractivity contribution is -0.477. The van der Waals surface area contributed by atoms with Crippen molar-refractivity contribution < 1.29 is 20.1 Å². The molecule has 0 aromatic carbocycles. The van der Waals surface area contributed by atoms with Gasteiger partial charge < -0.3 is 16.2 Å². The summed E-state index contributed by atoms with van der Waals surface area (Å²) < 4.78 is 4.69. The average Bonchev–Trinajstić information content (AvgIpc) is 1.81. The Labute approximate surface area is 76.6 Å². The van der Waals surface area contributed by atoms with Gasteiger partial charge in [0.2, 0.25) is 0 Å². The normalized spacial score (nSPS) is 14.4. The molecule has 6 heteroatoms. The molecule has 0 spiro atoms. The van der Waals surface area contributed by atoms with Crippen molar-refractivity contribution >= 4 is 12.0 Å². The zero-order chi connectivity index (χ0) is 10.5. The van der Waals surface area contributed by atoms with E-state index in [1.807, 2.05) is 0 Å². The van der Waals surface area contributed by atoms with E-state index in [1.165, 1.54) is 0 Å². The number of amides is 2. The molecule has 6 N–H and O–H groups in total. The zero-order valence-corrected chi connectivity index (χ0v) is 7.92. The molecule has 0 radical (unpaired) electrons. The van der Waals surface area contributed by atoms with Crippen LogP contribution in [0.3, 0.4) is 0 Å². The number of carbonyl (C=O) groups is 2. The van der Waals surface area contributed by atoms with Crippen molar-refractivity contribution in [3.8, 4) is 0 Å². The molecule has 13 heavy (non-hydrogen) atoms. The monoisotopic (exact) mass is 190 g/mol. The Morgan fingerprint density at radius 2 is 2.15 bits per heavy atom. The third-order valence-corrected chi connectivity index (χ3v) is 1.26. The van der Waals surface area contributed by atoms with Crippen LogP contribution < -0.4 is 16.8 Å². The molecule has 0 aromatic heterocycles. The molecule has 76 valence electrons. The summed E-state index contributed by atoms with van der Waals surface area (Å²) in [5.74, 6) is -0.409. The average molecular weight is 190 g/mol. The van der Waals surface area contributed by atoms with Crippen molar-refractivity contribution in [1.82, 2.24) is 5.32 Å². The number of quaternary nitrogens is 1. The van der Waals surface area contributed by atoms with E-state index < -0.39 is 17.7 Å². The van der Waals surface area contributed by atoms with Gasteiger partial charge in [-0.2, -0.15) is 0 Å². The van der Waals surface area contributed by atoms with Crippen LogP contribution in [-0.4, -0.2) is 24.3 Å². The van der Waals surface area contributed by atoms with Gasteiger partial charge in [0, 0.05) is 6.92 Å². The second-order valence-electron chi connectivity index (χ2n) is 3.03. The van der Waals surface area contributed by atoms with Crippen LogP contribution in [-0.2, 0) is 9.53 Å². The van der Waals surface area contributed by atoms with E-state index >= 15 is 0 Å². The summed E-state index contributed by atoms with van der Waals surface area (Å²) in [4.78, 5) is 21.5. The highest BCUT2D eigenvalue weighted by Gasteiger charge is 2.28. The van der Waals surface area contributed by atoms with Crippen LogP contribution in [0.5, 0.6) is 0 Å². The van der Waals surface area contributed by atoms with E-state index in [0.717, 1.165) is 0 Å². The molecule has 0 aliphatic rings. The Morgan fingerprint density at radius 3 is 2.54 bits per heavy atom. The Kier molecular flexibility index (Phi) is 4.19. The number of esters is 1. The van der Waals surface area contributed by atoms with Gasteiger partial charge in [0.1, 0.15) is 6.42 Å². The van der Waals surface area contributed by atoms with Crippen LogP contribution in [0.1, 0.15) is 20.3 Å². The standard InChI is InChI=1S/C7H15N3O3/c1-3-13-5(11)4-7(2,9)10-6(8)12/h3-4,9H2,1-2H3,(H3,8,10,12)/p+1/t7-/m1/s1. The minimum absolute atomic E-state index is 0.00375. The van der Waals surface area contributed by atoms with E-state index in [0.29, 0.717) is 6.61 Å². The summed E-state index contributed by atoms with van der Waals surface area (Å²) in [6, 6.07) is -0.707. The van der Waals surface area contributed by atoms with Crippen molar-refractivity contribution in [3.05, 3.63) is 0 Å². The number of nitrogens with one attached hydrogen (secondary N) is 1. The lowest BCUT2D eigenvalue weighted by atomic mass is 10.1. The molecule has 0 aliphatic carbocycles. The van der Waals surface area contributed by atoms with Crippen molar-refractivity contribution in [2.24, 2.45) is 5.73 Å². The Bertz CT molecular complexity index is 203. The van der Waals surface area contributed by atoms with Crippen LogP contribution in [0.25, 0.3) is 0 Å². The summed E-state index contributed by atoms with van der Waals surface area (Å²) >= 11 is 0. The molecule has 0 rings (SSSR count). The number of ether oxygens (including phenoxy) is 1. The molecule has 6 nitrogen and oxygen atoms in total. The van der Waals surface area contributed by atoms with Crippen LogP contribution in [0, 0.1) is 0 Å². The first-order chi connectivity index (χ1) is 5.87. The molecule has 0 aliphatic heterocycles. The van der Waals surface area contributed by atoms with E-state index in [-0.39, 0.29) is 6.42 Å². The van der Waals surface area contributed by atoms with Gasteiger partial charge in [0.25, 0.3) is 0 Å². The summed E-state index contributed by atoms with van der Waals surface area (Å²) in [5.41, 5.74) is 7.60. The van der Waals surface area contributed by atoms with E-state index in [9.17, 15) is 9.59 Å². The number of urea groups is 1. The molecule has 0 aromatic rings.